The Kier molecular flexibility index (Phi) is 3.91. The maximum Gasteiger partial charge on any atom is 0.347 e. The van der Waals surface area contributed by atoms with E-state index in [0.717, 1.165) is 30.0 Å². The van der Waals surface area contributed by atoms with Gasteiger partial charge < -0.3 is 5.11 Å². The van der Waals surface area contributed by atoms with Gasteiger partial charge >= 0.3 is 5.97 Å². The second kappa shape index (κ2) is 5.42. The van der Waals surface area contributed by atoms with Gasteiger partial charge in [0.05, 0.1) is 10.7 Å². The summed E-state index contributed by atoms with van der Waals surface area (Å²) in [7, 11) is 0. The van der Waals surface area contributed by atoms with E-state index < -0.39 is 5.97 Å². The van der Waals surface area contributed by atoms with E-state index in [4.69, 9.17) is 5.11 Å². The minimum absolute atomic E-state index is 0.401. The van der Waals surface area contributed by atoms with Crippen LogP contribution in [0.25, 0.3) is 0 Å². The second-order valence-corrected chi connectivity index (χ2v) is 5.81. The molecule has 1 N–H and O–H groups in total. The van der Waals surface area contributed by atoms with Gasteiger partial charge in [-0.15, -0.1) is 22.7 Å². The van der Waals surface area contributed by atoms with Crippen molar-refractivity contribution in [1.29, 1.82) is 0 Å². The molecule has 0 saturated heterocycles. The molecule has 0 unspecified atom stereocenters. The predicted octanol–water partition coefficient (Wildman–Crippen LogP) is 3.45. The first kappa shape index (κ1) is 12.3. The minimum Gasteiger partial charge on any atom is -0.477 e. The zero-order valence-electron chi connectivity index (χ0n) is 9.47. The average molecular weight is 267 g/mol. The van der Waals surface area contributed by atoms with Crippen molar-refractivity contribution >= 4 is 28.6 Å². The summed E-state index contributed by atoms with van der Waals surface area (Å²) in [6.07, 6.45) is 2.40. The fourth-order valence-electron chi connectivity index (χ4n) is 1.61. The molecule has 2 heterocycles. The SMILES string of the molecule is CCCc1nc(Cc2cccs2)sc1C(=O)O. The van der Waals surface area contributed by atoms with Crippen molar-refractivity contribution in [3.8, 4) is 0 Å². The van der Waals surface area contributed by atoms with E-state index in [1.807, 2.05) is 24.4 Å². The van der Waals surface area contributed by atoms with Gasteiger partial charge in [0.15, 0.2) is 0 Å². The number of carboxylic acids is 1. The fraction of sp³-hybridized carbons (Fsp3) is 0.333. The van der Waals surface area contributed by atoms with Crippen LogP contribution in [0.5, 0.6) is 0 Å². The number of thiazole rings is 1. The van der Waals surface area contributed by atoms with Gasteiger partial charge in [0, 0.05) is 11.3 Å². The van der Waals surface area contributed by atoms with Crippen molar-refractivity contribution in [3.05, 3.63) is 38.0 Å². The number of carbonyl (C=O) groups is 1. The van der Waals surface area contributed by atoms with Crippen molar-refractivity contribution < 1.29 is 9.90 Å². The topological polar surface area (TPSA) is 50.2 Å². The van der Waals surface area contributed by atoms with Gasteiger partial charge in [0.2, 0.25) is 0 Å². The molecule has 0 spiro atoms. The molecule has 0 aliphatic carbocycles. The van der Waals surface area contributed by atoms with Crippen molar-refractivity contribution in [2.24, 2.45) is 0 Å². The van der Waals surface area contributed by atoms with E-state index >= 15 is 0 Å². The number of hydrogen-bond donors (Lipinski definition) is 1. The molecule has 17 heavy (non-hydrogen) atoms. The Morgan fingerprint density at radius 2 is 2.35 bits per heavy atom. The van der Waals surface area contributed by atoms with Crippen LogP contribution in [0.15, 0.2) is 17.5 Å². The number of thiophene rings is 1. The fourth-order valence-corrected chi connectivity index (χ4v) is 3.38. The summed E-state index contributed by atoms with van der Waals surface area (Å²) in [6, 6.07) is 4.05. The number of aryl methyl sites for hydroxylation is 1. The molecule has 90 valence electrons. The molecule has 3 nitrogen and oxygen atoms in total. The molecule has 5 heteroatoms. The molecular formula is C12H13NO2S2. The molecule has 2 aromatic rings. The highest BCUT2D eigenvalue weighted by Gasteiger charge is 2.16. The number of aromatic nitrogens is 1. The van der Waals surface area contributed by atoms with Crippen LogP contribution in [0.4, 0.5) is 0 Å². The van der Waals surface area contributed by atoms with Crippen LogP contribution >= 0.6 is 22.7 Å². The highest BCUT2D eigenvalue weighted by atomic mass is 32.1. The van der Waals surface area contributed by atoms with Gasteiger partial charge in [-0.25, -0.2) is 9.78 Å². The summed E-state index contributed by atoms with van der Waals surface area (Å²) in [4.78, 5) is 17.1. The summed E-state index contributed by atoms with van der Waals surface area (Å²) < 4.78 is 0. The predicted molar refractivity (Wildman–Crippen MR) is 70.2 cm³/mol. The Hall–Kier alpha value is -1.20. The van der Waals surface area contributed by atoms with Crippen LogP contribution in [-0.4, -0.2) is 16.1 Å². The zero-order chi connectivity index (χ0) is 12.3. The average Bonchev–Trinajstić information content (AvgIpc) is 2.89. The van der Waals surface area contributed by atoms with Crippen LogP contribution in [0.1, 0.15) is 38.6 Å². The lowest BCUT2D eigenvalue weighted by molar-refractivity contribution is 0.0700. The number of carboxylic acid groups (broad SMARTS) is 1. The third-order valence-electron chi connectivity index (χ3n) is 2.33. The van der Waals surface area contributed by atoms with E-state index in [2.05, 4.69) is 4.98 Å². The maximum atomic E-state index is 11.1. The summed E-state index contributed by atoms with van der Waals surface area (Å²) in [5.41, 5.74) is 0.733. The highest BCUT2D eigenvalue weighted by molar-refractivity contribution is 7.14. The molecule has 0 aromatic carbocycles. The lowest BCUT2D eigenvalue weighted by atomic mass is 10.2. The number of aromatic carboxylic acids is 1. The first-order valence-electron chi connectivity index (χ1n) is 5.45. The van der Waals surface area contributed by atoms with Crippen LogP contribution < -0.4 is 0 Å². The number of hydrogen-bond acceptors (Lipinski definition) is 4. The molecule has 0 amide bonds. The highest BCUT2D eigenvalue weighted by Crippen LogP contribution is 2.23. The Bertz CT molecular complexity index is 503. The second-order valence-electron chi connectivity index (χ2n) is 3.69. The molecule has 0 bridgehead atoms. The lowest BCUT2D eigenvalue weighted by Gasteiger charge is -1.93. The molecule has 0 radical (unpaired) electrons. The van der Waals surface area contributed by atoms with Crippen LogP contribution in [0.2, 0.25) is 0 Å². The first-order chi connectivity index (χ1) is 8.20. The van der Waals surface area contributed by atoms with E-state index in [0.29, 0.717) is 4.88 Å². The van der Waals surface area contributed by atoms with E-state index in [9.17, 15) is 4.79 Å². The number of nitrogens with zero attached hydrogens (tertiary/aromatic N) is 1. The van der Waals surface area contributed by atoms with Gasteiger partial charge in [-0.05, 0) is 17.9 Å². The lowest BCUT2D eigenvalue weighted by Crippen LogP contribution is -1.98. The largest absolute Gasteiger partial charge is 0.477 e. The molecule has 0 aliphatic heterocycles. The third kappa shape index (κ3) is 2.92. The molecule has 0 aliphatic rings. The van der Waals surface area contributed by atoms with E-state index in [1.165, 1.54) is 16.2 Å². The van der Waals surface area contributed by atoms with E-state index in [-0.39, 0.29) is 0 Å². The minimum atomic E-state index is -0.858. The van der Waals surface area contributed by atoms with Crippen molar-refractivity contribution in [1.82, 2.24) is 4.98 Å². The normalized spacial score (nSPS) is 10.6. The quantitative estimate of drug-likeness (QED) is 0.902. The molecule has 0 fully saturated rings. The Morgan fingerprint density at radius 3 is 2.94 bits per heavy atom. The van der Waals surface area contributed by atoms with Gasteiger partial charge in [0.25, 0.3) is 0 Å². The van der Waals surface area contributed by atoms with Gasteiger partial charge in [-0.1, -0.05) is 19.4 Å². The molecule has 2 rings (SSSR count). The maximum absolute atomic E-state index is 11.1. The van der Waals surface area contributed by atoms with Crippen molar-refractivity contribution in [3.63, 3.8) is 0 Å². The van der Waals surface area contributed by atoms with Crippen LogP contribution in [0.3, 0.4) is 0 Å². The molecule has 2 aromatic heterocycles. The summed E-state index contributed by atoms with van der Waals surface area (Å²) in [5.74, 6) is -0.858. The first-order valence-corrected chi connectivity index (χ1v) is 7.14. The van der Waals surface area contributed by atoms with Crippen molar-refractivity contribution in [2.75, 3.05) is 0 Å². The smallest absolute Gasteiger partial charge is 0.347 e. The Morgan fingerprint density at radius 1 is 1.53 bits per heavy atom. The standard InChI is InChI=1S/C12H13NO2S2/c1-2-4-9-11(12(14)15)17-10(13-9)7-8-5-3-6-16-8/h3,5-6H,2,4,7H2,1H3,(H,14,15). The van der Waals surface area contributed by atoms with Gasteiger partial charge in [-0.2, -0.15) is 0 Å². The molecule has 0 saturated carbocycles. The molecule has 0 atom stereocenters. The monoisotopic (exact) mass is 267 g/mol. The number of rotatable bonds is 5. The van der Waals surface area contributed by atoms with Crippen LogP contribution in [-0.2, 0) is 12.8 Å². The van der Waals surface area contributed by atoms with Gasteiger partial charge in [0.1, 0.15) is 4.88 Å². The van der Waals surface area contributed by atoms with Crippen LogP contribution in [0, 0.1) is 0 Å². The Balaban J connectivity index is 2.24. The van der Waals surface area contributed by atoms with Crippen molar-refractivity contribution in [2.45, 2.75) is 26.2 Å². The third-order valence-corrected chi connectivity index (χ3v) is 4.29. The summed E-state index contributed by atoms with van der Waals surface area (Å²) in [6.45, 7) is 2.03. The van der Waals surface area contributed by atoms with E-state index in [1.54, 1.807) is 11.3 Å². The Labute approximate surface area is 108 Å². The summed E-state index contributed by atoms with van der Waals surface area (Å²) >= 11 is 2.98. The van der Waals surface area contributed by atoms with Gasteiger partial charge in [-0.3, -0.25) is 0 Å². The summed E-state index contributed by atoms with van der Waals surface area (Å²) in [5, 5.41) is 12.0. The zero-order valence-corrected chi connectivity index (χ0v) is 11.1. The molecular weight excluding hydrogens is 254 g/mol.